The van der Waals surface area contributed by atoms with Gasteiger partial charge >= 0.3 is 41.6 Å². The number of rotatable bonds is 9. The van der Waals surface area contributed by atoms with E-state index in [0.717, 1.165) is 5.56 Å². The van der Waals surface area contributed by atoms with E-state index in [1.807, 2.05) is 37.3 Å². The molecule has 0 spiro atoms. The zero-order chi connectivity index (χ0) is 17.1. The van der Waals surface area contributed by atoms with E-state index in [9.17, 15) is 19.5 Å². The summed E-state index contributed by atoms with van der Waals surface area (Å²) in [5, 5.41) is 12.8. The number of carbonyl (C=O) groups excluding carboxylic acids is 3. The summed E-state index contributed by atoms with van der Waals surface area (Å²) in [6, 6.07) is 9.73. The fourth-order valence-electron chi connectivity index (χ4n) is 1.75. The van der Waals surface area contributed by atoms with Gasteiger partial charge in [0.2, 0.25) is 0 Å². The standard InChI is InChI=1S/C16H21NO6.Na/c1-12(13-5-3-2-4-6-13)11-17-16(21)23-10-9-22-15(20)8-7-14(18)19;/h2-6,12H,7-11H2,1H3,(H,17,21)(H,18,19);/q;+1/p-1. The second-order valence-electron chi connectivity index (χ2n) is 4.92. The predicted octanol–water partition coefficient (Wildman–Crippen LogP) is -2.41. The summed E-state index contributed by atoms with van der Waals surface area (Å²) in [4.78, 5) is 32.7. The number of benzene rings is 1. The summed E-state index contributed by atoms with van der Waals surface area (Å²) in [6.07, 6.45) is -1.25. The Morgan fingerprint density at radius 2 is 1.71 bits per heavy atom. The van der Waals surface area contributed by atoms with Crippen LogP contribution in [0.15, 0.2) is 30.3 Å². The Hall–Kier alpha value is -1.57. The number of hydrogen-bond donors (Lipinski definition) is 1. The van der Waals surface area contributed by atoms with E-state index in [0.29, 0.717) is 6.54 Å². The third-order valence-corrected chi connectivity index (χ3v) is 3.03. The minimum Gasteiger partial charge on any atom is -0.550 e. The molecule has 0 fully saturated rings. The first-order valence-corrected chi connectivity index (χ1v) is 7.30. The summed E-state index contributed by atoms with van der Waals surface area (Å²) < 4.78 is 9.55. The van der Waals surface area contributed by atoms with Crippen molar-refractivity contribution in [3.05, 3.63) is 35.9 Å². The minimum atomic E-state index is -1.31. The average Bonchev–Trinajstić information content (AvgIpc) is 2.55. The molecule has 1 atom stereocenters. The quantitative estimate of drug-likeness (QED) is 0.304. The van der Waals surface area contributed by atoms with Gasteiger partial charge in [-0.1, -0.05) is 37.3 Å². The molecule has 1 amide bonds. The van der Waals surface area contributed by atoms with Crippen molar-refractivity contribution in [2.45, 2.75) is 25.7 Å². The number of carboxylic acids is 1. The van der Waals surface area contributed by atoms with Gasteiger partial charge in [-0.25, -0.2) is 4.79 Å². The Morgan fingerprint density at radius 3 is 2.33 bits per heavy atom. The molecule has 1 N–H and O–H groups in total. The minimum absolute atomic E-state index is 0. The first-order chi connectivity index (χ1) is 11.0. The number of aliphatic carboxylic acids is 1. The Kier molecular flexibility index (Phi) is 12.0. The second kappa shape index (κ2) is 12.8. The molecular formula is C16H20NNaO6. The van der Waals surface area contributed by atoms with Crippen LogP contribution in [0.25, 0.3) is 0 Å². The molecule has 24 heavy (non-hydrogen) atoms. The number of esters is 1. The van der Waals surface area contributed by atoms with Gasteiger partial charge in [0.1, 0.15) is 13.2 Å². The Labute approximate surface area is 163 Å². The van der Waals surface area contributed by atoms with Crippen molar-refractivity contribution in [3.8, 4) is 0 Å². The van der Waals surface area contributed by atoms with Crippen molar-refractivity contribution >= 4 is 18.0 Å². The summed E-state index contributed by atoms with van der Waals surface area (Å²) in [5.41, 5.74) is 1.11. The summed E-state index contributed by atoms with van der Waals surface area (Å²) in [5.74, 6) is -1.84. The number of ether oxygens (including phenoxy) is 2. The van der Waals surface area contributed by atoms with Gasteiger partial charge in [0, 0.05) is 12.5 Å². The van der Waals surface area contributed by atoms with Crippen molar-refractivity contribution in [2.75, 3.05) is 19.8 Å². The largest absolute Gasteiger partial charge is 1.00 e. The fraction of sp³-hybridized carbons (Fsp3) is 0.438. The van der Waals surface area contributed by atoms with Gasteiger partial charge in [-0.2, -0.15) is 0 Å². The maximum Gasteiger partial charge on any atom is 1.00 e. The summed E-state index contributed by atoms with van der Waals surface area (Å²) in [6.45, 7) is 2.19. The molecule has 0 aliphatic carbocycles. The van der Waals surface area contributed by atoms with Crippen LogP contribution >= 0.6 is 0 Å². The normalized spacial score (nSPS) is 10.9. The molecule has 0 radical (unpaired) electrons. The number of carboxylic acid groups (broad SMARTS) is 1. The summed E-state index contributed by atoms with van der Waals surface area (Å²) >= 11 is 0. The number of nitrogens with one attached hydrogen (secondary N) is 1. The van der Waals surface area contributed by atoms with E-state index in [1.165, 1.54) is 0 Å². The van der Waals surface area contributed by atoms with E-state index >= 15 is 0 Å². The van der Waals surface area contributed by atoms with Crippen LogP contribution in [0.4, 0.5) is 4.79 Å². The van der Waals surface area contributed by atoms with Crippen LogP contribution in [-0.4, -0.2) is 37.8 Å². The number of carbonyl (C=O) groups is 3. The molecule has 0 bridgehead atoms. The molecule has 1 unspecified atom stereocenters. The fourth-order valence-corrected chi connectivity index (χ4v) is 1.75. The molecule has 1 aromatic carbocycles. The topological polar surface area (TPSA) is 105 Å². The van der Waals surface area contributed by atoms with Gasteiger partial charge in [0.25, 0.3) is 0 Å². The maximum absolute atomic E-state index is 11.5. The molecule has 8 heteroatoms. The first-order valence-electron chi connectivity index (χ1n) is 7.30. The van der Waals surface area contributed by atoms with Crippen LogP contribution in [0.3, 0.4) is 0 Å². The van der Waals surface area contributed by atoms with Crippen molar-refractivity contribution in [1.29, 1.82) is 0 Å². The Balaban J connectivity index is 0.00000529. The molecular weight excluding hydrogens is 325 g/mol. The van der Waals surface area contributed by atoms with Crippen molar-refractivity contribution < 1.29 is 58.5 Å². The molecule has 126 valence electrons. The van der Waals surface area contributed by atoms with E-state index in [2.05, 4.69) is 5.32 Å². The smallest absolute Gasteiger partial charge is 0.550 e. The molecule has 1 aromatic rings. The molecule has 0 saturated carbocycles. The molecule has 0 aliphatic heterocycles. The summed E-state index contributed by atoms with van der Waals surface area (Å²) in [7, 11) is 0. The van der Waals surface area contributed by atoms with E-state index in [1.54, 1.807) is 0 Å². The number of alkyl carbamates (subject to hydrolysis) is 1. The van der Waals surface area contributed by atoms with Crippen LogP contribution in [0.5, 0.6) is 0 Å². The van der Waals surface area contributed by atoms with Gasteiger partial charge in [-0.15, -0.1) is 0 Å². The maximum atomic E-state index is 11.5. The van der Waals surface area contributed by atoms with Gasteiger partial charge in [-0.05, 0) is 17.9 Å². The van der Waals surface area contributed by atoms with E-state index in [-0.39, 0.29) is 55.1 Å². The van der Waals surface area contributed by atoms with Gasteiger partial charge in [0.15, 0.2) is 0 Å². The molecule has 1 rings (SSSR count). The molecule has 0 heterocycles. The van der Waals surface area contributed by atoms with Gasteiger partial charge in [-0.3, -0.25) is 4.79 Å². The zero-order valence-corrected chi connectivity index (χ0v) is 15.9. The number of hydrogen-bond acceptors (Lipinski definition) is 6. The number of amides is 1. The molecule has 7 nitrogen and oxygen atoms in total. The van der Waals surface area contributed by atoms with Crippen LogP contribution < -0.4 is 40.0 Å². The predicted molar refractivity (Wildman–Crippen MR) is 79.4 cm³/mol. The molecule has 0 aromatic heterocycles. The van der Waals surface area contributed by atoms with Gasteiger partial charge in [0.05, 0.1) is 6.42 Å². The van der Waals surface area contributed by atoms with Crippen molar-refractivity contribution in [1.82, 2.24) is 5.32 Å². The Bertz CT molecular complexity index is 523. The monoisotopic (exact) mass is 345 g/mol. The van der Waals surface area contributed by atoms with Crippen molar-refractivity contribution in [2.24, 2.45) is 0 Å². The third kappa shape index (κ3) is 10.3. The van der Waals surface area contributed by atoms with E-state index in [4.69, 9.17) is 9.47 Å². The van der Waals surface area contributed by atoms with Crippen molar-refractivity contribution in [3.63, 3.8) is 0 Å². The first kappa shape index (κ1) is 22.4. The van der Waals surface area contributed by atoms with Crippen LogP contribution in [0.1, 0.15) is 31.2 Å². The molecule has 0 aliphatic rings. The van der Waals surface area contributed by atoms with Crippen LogP contribution in [0, 0.1) is 0 Å². The SMILES string of the molecule is CC(CNC(=O)OCCOC(=O)CCC(=O)[O-])c1ccccc1.[Na+]. The molecule has 0 saturated heterocycles. The van der Waals surface area contributed by atoms with Gasteiger partial charge < -0.3 is 24.7 Å². The third-order valence-electron chi connectivity index (χ3n) is 3.03. The second-order valence-corrected chi connectivity index (χ2v) is 4.92. The van der Waals surface area contributed by atoms with E-state index < -0.39 is 24.5 Å². The Morgan fingerprint density at radius 1 is 1.08 bits per heavy atom. The van der Waals surface area contributed by atoms with Crippen LogP contribution in [0.2, 0.25) is 0 Å². The zero-order valence-electron chi connectivity index (χ0n) is 13.9. The average molecular weight is 345 g/mol. The van der Waals surface area contributed by atoms with Crippen LogP contribution in [-0.2, 0) is 19.1 Å².